The number of benzene rings is 1. The van der Waals surface area contributed by atoms with Gasteiger partial charge < -0.3 is 14.9 Å². The highest BCUT2D eigenvalue weighted by molar-refractivity contribution is 5.77. The molecule has 98 valence electrons. The van der Waals surface area contributed by atoms with Gasteiger partial charge in [-0.1, -0.05) is 0 Å². The van der Waals surface area contributed by atoms with E-state index in [1.165, 1.54) is 0 Å². The summed E-state index contributed by atoms with van der Waals surface area (Å²) < 4.78 is 5.33. The van der Waals surface area contributed by atoms with Crippen LogP contribution >= 0.6 is 0 Å². The van der Waals surface area contributed by atoms with E-state index in [2.05, 4.69) is 0 Å². The van der Waals surface area contributed by atoms with Crippen molar-refractivity contribution in [2.24, 2.45) is 0 Å². The van der Waals surface area contributed by atoms with Crippen molar-refractivity contribution in [3.63, 3.8) is 0 Å². The molecular formula is C14H18O4. The number of aliphatic carboxylic acids is 1. The van der Waals surface area contributed by atoms with Crippen LogP contribution in [-0.4, -0.2) is 23.3 Å². The zero-order valence-electron chi connectivity index (χ0n) is 10.7. The van der Waals surface area contributed by atoms with Crippen LogP contribution in [0.2, 0.25) is 0 Å². The molecule has 1 aliphatic carbocycles. The smallest absolute Gasteiger partial charge is 0.310 e. The summed E-state index contributed by atoms with van der Waals surface area (Å²) in [6.45, 7) is 1.58. The van der Waals surface area contributed by atoms with Gasteiger partial charge in [0.2, 0.25) is 0 Å². The standard InChI is InChI=1S/C14H18O4/c1-8(14(16)17)11-7-12(18-2)9-5-3-4-6-10(9)13(11)15/h7-8,15H,3-6H2,1-2H3,(H,16,17). The van der Waals surface area contributed by atoms with Crippen LogP contribution in [0.1, 0.15) is 42.4 Å². The lowest BCUT2D eigenvalue weighted by Gasteiger charge is -2.23. The molecule has 1 aliphatic rings. The molecule has 1 aromatic rings. The molecule has 1 aromatic carbocycles. The van der Waals surface area contributed by atoms with Crippen LogP contribution < -0.4 is 4.74 Å². The van der Waals surface area contributed by atoms with Gasteiger partial charge in [0.25, 0.3) is 0 Å². The third kappa shape index (κ3) is 2.03. The lowest BCUT2D eigenvalue weighted by molar-refractivity contribution is -0.138. The predicted octanol–water partition coefficient (Wildman–Crippen LogP) is 2.47. The number of phenolic OH excluding ortho intramolecular Hbond substituents is 1. The molecule has 2 N–H and O–H groups in total. The largest absolute Gasteiger partial charge is 0.507 e. The molecule has 0 bridgehead atoms. The van der Waals surface area contributed by atoms with E-state index in [-0.39, 0.29) is 5.75 Å². The highest BCUT2D eigenvalue weighted by Crippen LogP contribution is 2.41. The first kappa shape index (κ1) is 12.7. The molecule has 1 unspecified atom stereocenters. The van der Waals surface area contributed by atoms with Crippen molar-refractivity contribution in [3.8, 4) is 11.5 Å². The van der Waals surface area contributed by atoms with Gasteiger partial charge in [-0.05, 0) is 38.7 Å². The van der Waals surface area contributed by atoms with Crippen LogP contribution in [0.25, 0.3) is 0 Å². The molecule has 0 saturated carbocycles. The van der Waals surface area contributed by atoms with E-state index in [1.54, 1.807) is 20.1 Å². The fraction of sp³-hybridized carbons (Fsp3) is 0.500. The predicted molar refractivity (Wildman–Crippen MR) is 67.4 cm³/mol. The topological polar surface area (TPSA) is 66.8 Å². The van der Waals surface area contributed by atoms with Gasteiger partial charge in [-0.25, -0.2) is 0 Å². The van der Waals surface area contributed by atoms with Crippen molar-refractivity contribution in [2.45, 2.75) is 38.5 Å². The van der Waals surface area contributed by atoms with Gasteiger partial charge in [0.1, 0.15) is 11.5 Å². The summed E-state index contributed by atoms with van der Waals surface area (Å²) >= 11 is 0. The van der Waals surface area contributed by atoms with Crippen LogP contribution in [0.5, 0.6) is 11.5 Å². The minimum atomic E-state index is -0.942. The van der Waals surface area contributed by atoms with Crippen LogP contribution in [0, 0.1) is 0 Å². The first-order chi connectivity index (χ1) is 8.56. The number of rotatable bonds is 3. The fourth-order valence-electron chi connectivity index (χ4n) is 2.55. The third-order valence-electron chi connectivity index (χ3n) is 3.67. The van der Waals surface area contributed by atoms with Crippen molar-refractivity contribution in [1.82, 2.24) is 0 Å². The Bertz CT molecular complexity index is 479. The number of carboxylic acid groups (broad SMARTS) is 1. The number of aromatic hydroxyl groups is 1. The Morgan fingerprint density at radius 2 is 1.94 bits per heavy atom. The van der Waals surface area contributed by atoms with Gasteiger partial charge in [0.05, 0.1) is 13.0 Å². The molecule has 4 heteroatoms. The van der Waals surface area contributed by atoms with Crippen molar-refractivity contribution in [3.05, 3.63) is 22.8 Å². The number of fused-ring (bicyclic) bond motifs is 1. The van der Waals surface area contributed by atoms with Crippen molar-refractivity contribution in [1.29, 1.82) is 0 Å². The lowest BCUT2D eigenvalue weighted by atomic mass is 9.86. The van der Waals surface area contributed by atoms with Crippen molar-refractivity contribution < 1.29 is 19.7 Å². The normalized spacial score (nSPS) is 15.9. The fourth-order valence-corrected chi connectivity index (χ4v) is 2.55. The van der Waals surface area contributed by atoms with E-state index in [1.807, 2.05) is 0 Å². The van der Waals surface area contributed by atoms with E-state index in [9.17, 15) is 9.90 Å². The maximum atomic E-state index is 11.1. The summed E-state index contributed by atoms with van der Waals surface area (Å²) in [6.07, 6.45) is 3.77. The molecular weight excluding hydrogens is 232 g/mol. The Morgan fingerprint density at radius 3 is 2.50 bits per heavy atom. The van der Waals surface area contributed by atoms with Gasteiger partial charge in [0, 0.05) is 16.7 Å². The molecule has 18 heavy (non-hydrogen) atoms. The highest BCUT2D eigenvalue weighted by Gasteiger charge is 2.25. The molecule has 0 aromatic heterocycles. The minimum Gasteiger partial charge on any atom is -0.507 e. The molecule has 0 aliphatic heterocycles. The molecule has 0 radical (unpaired) electrons. The van der Waals surface area contributed by atoms with Gasteiger partial charge in [-0.3, -0.25) is 4.79 Å². The summed E-state index contributed by atoms with van der Waals surface area (Å²) in [5.74, 6) is -0.833. The molecule has 4 nitrogen and oxygen atoms in total. The molecule has 0 fully saturated rings. The van der Waals surface area contributed by atoms with Crippen LogP contribution in [0.3, 0.4) is 0 Å². The molecule has 0 amide bonds. The van der Waals surface area contributed by atoms with Crippen LogP contribution in [0.15, 0.2) is 6.07 Å². The van der Waals surface area contributed by atoms with E-state index in [0.717, 1.165) is 36.8 Å². The zero-order chi connectivity index (χ0) is 13.3. The molecule has 0 spiro atoms. The number of hydrogen-bond donors (Lipinski definition) is 2. The van der Waals surface area contributed by atoms with E-state index in [4.69, 9.17) is 9.84 Å². The van der Waals surface area contributed by atoms with Crippen LogP contribution in [0.4, 0.5) is 0 Å². The van der Waals surface area contributed by atoms with E-state index in [0.29, 0.717) is 11.3 Å². The minimum absolute atomic E-state index is 0.139. The van der Waals surface area contributed by atoms with Crippen LogP contribution in [-0.2, 0) is 17.6 Å². The molecule has 0 heterocycles. The number of ether oxygens (including phenoxy) is 1. The number of methoxy groups -OCH3 is 1. The molecule has 1 atom stereocenters. The first-order valence-electron chi connectivity index (χ1n) is 6.20. The maximum Gasteiger partial charge on any atom is 0.310 e. The van der Waals surface area contributed by atoms with Gasteiger partial charge in [-0.2, -0.15) is 0 Å². The van der Waals surface area contributed by atoms with Crippen molar-refractivity contribution >= 4 is 5.97 Å². The second kappa shape index (κ2) is 4.88. The Morgan fingerprint density at radius 1 is 1.33 bits per heavy atom. The molecule has 0 saturated heterocycles. The average Bonchev–Trinajstić information content (AvgIpc) is 2.38. The monoisotopic (exact) mass is 250 g/mol. The average molecular weight is 250 g/mol. The second-order valence-electron chi connectivity index (χ2n) is 4.74. The third-order valence-corrected chi connectivity index (χ3v) is 3.67. The quantitative estimate of drug-likeness (QED) is 0.864. The number of carboxylic acids is 1. The Hall–Kier alpha value is -1.71. The Balaban J connectivity index is 2.58. The van der Waals surface area contributed by atoms with Gasteiger partial charge in [-0.15, -0.1) is 0 Å². The SMILES string of the molecule is COc1cc(C(C)C(=O)O)c(O)c2c1CCCC2. The maximum absolute atomic E-state index is 11.1. The number of phenols is 1. The second-order valence-corrected chi connectivity index (χ2v) is 4.74. The zero-order valence-corrected chi connectivity index (χ0v) is 10.7. The van der Waals surface area contributed by atoms with Gasteiger partial charge >= 0.3 is 5.97 Å². The van der Waals surface area contributed by atoms with Crippen molar-refractivity contribution in [2.75, 3.05) is 7.11 Å². The Labute approximate surface area is 106 Å². The van der Waals surface area contributed by atoms with E-state index < -0.39 is 11.9 Å². The number of carbonyl (C=O) groups is 1. The summed E-state index contributed by atoms with van der Waals surface area (Å²) in [5.41, 5.74) is 2.34. The lowest BCUT2D eigenvalue weighted by Crippen LogP contribution is -2.12. The summed E-state index contributed by atoms with van der Waals surface area (Å²) in [5, 5.41) is 19.3. The summed E-state index contributed by atoms with van der Waals surface area (Å²) in [7, 11) is 1.58. The summed E-state index contributed by atoms with van der Waals surface area (Å²) in [4.78, 5) is 11.1. The highest BCUT2D eigenvalue weighted by atomic mass is 16.5. The molecule has 2 rings (SSSR count). The number of hydrogen-bond acceptors (Lipinski definition) is 3. The van der Waals surface area contributed by atoms with E-state index >= 15 is 0 Å². The Kier molecular flexibility index (Phi) is 3.45. The summed E-state index contributed by atoms with van der Waals surface area (Å²) in [6, 6.07) is 1.66. The van der Waals surface area contributed by atoms with Gasteiger partial charge in [0.15, 0.2) is 0 Å². The first-order valence-corrected chi connectivity index (χ1v) is 6.20.